The predicted molar refractivity (Wildman–Crippen MR) is 51.2 cm³/mol. The highest BCUT2D eigenvalue weighted by atomic mass is 16.3. The number of hydrogen-bond donors (Lipinski definition) is 2. The van der Waals surface area contributed by atoms with Crippen molar-refractivity contribution in [3.8, 4) is 0 Å². The summed E-state index contributed by atoms with van der Waals surface area (Å²) >= 11 is 0. The fourth-order valence-corrected chi connectivity index (χ4v) is 1.41. The van der Waals surface area contributed by atoms with E-state index in [4.69, 9.17) is 0 Å². The Balaban J connectivity index is 2.24. The molecule has 1 fully saturated rings. The normalized spacial score (nSPS) is 26.0. The highest BCUT2D eigenvalue weighted by molar-refractivity contribution is 4.93. The molecule has 0 radical (unpaired) electrons. The largest absolute Gasteiger partial charge is 0.389 e. The van der Waals surface area contributed by atoms with Crippen LogP contribution < -0.4 is 5.32 Å². The Bertz CT molecular complexity index is 138. The lowest BCUT2D eigenvalue weighted by molar-refractivity contribution is 0.0389. The molecule has 2 N–H and O–H groups in total. The smallest absolute Gasteiger partial charge is 0.0741 e. The van der Waals surface area contributed by atoms with Crippen LogP contribution in [0.2, 0.25) is 0 Å². The molecule has 0 bridgehead atoms. The van der Waals surface area contributed by atoms with Gasteiger partial charge >= 0.3 is 0 Å². The fourth-order valence-electron chi connectivity index (χ4n) is 1.41. The fraction of sp³-hybridized carbons (Fsp3) is 1.00. The topological polar surface area (TPSA) is 32.3 Å². The van der Waals surface area contributed by atoms with Crippen LogP contribution in [0.25, 0.3) is 0 Å². The molecule has 0 aromatic rings. The van der Waals surface area contributed by atoms with Crippen molar-refractivity contribution < 1.29 is 5.11 Å². The van der Waals surface area contributed by atoms with Gasteiger partial charge in [0.25, 0.3) is 0 Å². The van der Waals surface area contributed by atoms with Gasteiger partial charge < -0.3 is 10.4 Å². The molecule has 12 heavy (non-hydrogen) atoms. The molecule has 2 heteroatoms. The first-order valence-electron chi connectivity index (χ1n) is 4.95. The third kappa shape index (κ3) is 2.46. The summed E-state index contributed by atoms with van der Waals surface area (Å²) in [5, 5.41) is 13.2. The van der Waals surface area contributed by atoms with Crippen LogP contribution >= 0.6 is 0 Å². The predicted octanol–water partition coefficient (Wildman–Crippen LogP) is 1.68. The molecule has 1 unspecified atom stereocenters. The summed E-state index contributed by atoms with van der Waals surface area (Å²) < 4.78 is 0. The molecular weight excluding hydrogens is 150 g/mol. The average Bonchev–Trinajstić information content (AvgIpc) is 1.98. The van der Waals surface area contributed by atoms with Gasteiger partial charge in [-0.05, 0) is 39.5 Å². The maximum absolute atomic E-state index is 9.74. The molecule has 0 spiro atoms. The zero-order chi connectivity index (χ0) is 9.24. The van der Waals surface area contributed by atoms with Gasteiger partial charge in [-0.3, -0.25) is 0 Å². The van der Waals surface area contributed by atoms with Gasteiger partial charge in [0.05, 0.1) is 5.60 Å². The van der Waals surface area contributed by atoms with Crippen molar-refractivity contribution in [3.05, 3.63) is 0 Å². The summed E-state index contributed by atoms with van der Waals surface area (Å²) in [6.07, 6.45) is 4.66. The molecule has 0 aliphatic heterocycles. The van der Waals surface area contributed by atoms with Crippen LogP contribution in [-0.2, 0) is 0 Å². The van der Waals surface area contributed by atoms with Gasteiger partial charge in [-0.2, -0.15) is 0 Å². The van der Waals surface area contributed by atoms with E-state index < -0.39 is 5.60 Å². The monoisotopic (exact) mass is 171 g/mol. The second-order valence-electron chi connectivity index (χ2n) is 4.62. The van der Waals surface area contributed by atoms with E-state index in [9.17, 15) is 5.11 Å². The first-order valence-corrected chi connectivity index (χ1v) is 4.95. The van der Waals surface area contributed by atoms with E-state index in [1.54, 1.807) is 0 Å². The molecule has 1 saturated carbocycles. The Labute approximate surface area is 75.4 Å². The van der Waals surface area contributed by atoms with Gasteiger partial charge in [-0.15, -0.1) is 0 Å². The molecule has 0 aromatic carbocycles. The molecule has 1 aliphatic carbocycles. The van der Waals surface area contributed by atoms with Crippen LogP contribution in [0.3, 0.4) is 0 Å². The lowest BCUT2D eigenvalue weighted by atomic mass is 9.78. The minimum Gasteiger partial charge on any atom is -0.389 e. The summed E-state index contributed by atoms with van der Waals surface area (Å²) in [6.45, 7) is 6.87. The van der Waals surface area contributed by atoms with Gasteiger partial charge in [0.2, 0.25) is 0 Å². The van der Waals surface area contributed by atoms with Crippen LogP contribution in [0.4, 0.5) is 0 Å². The molecule has 1 rings (SSSR count). The minimum absolute atomic E-state index is 0.319. The minimum atomic E-state index is -0.529. The van der Waals surface area contributed by atoms with Crippen LogP contribution in [0.1, 0.15) is 46.5 Å². The number of hydrogen-bond acceptors (Lipinski definition) is 2. The van der Waals surface area contributed by atoms with Crippen LogP contribution in [0, 0.1) is 0 Å². The lowest BCUT2D eigenvalue weighted by Gasteiger charge is -2.41. The van der Waals surface area contributed by atoms with E-state index in [-0.39, 0.29) is 0 Å². The Morgan fingerprint density at radius 1 is 1.50 bits per heavy atom. The standard InChI is InChI=1S/C10H21NO/c1-4-10(3,12)8-11-9(2)6-5-7-9/h11-12H,4-8H2,1-3H3. The number of aliphatic hydroxyl groups is 1. The van der Waals surface area contributed by atoms with Crippen molar-refractivity contribution in [3.63, 3.8) is 0 Å². The maximum atomic E-state index is 9.74. The SMILES string of the molecule is CCC(C)(O)CNC1(C)CCC1. The molecule has 0 amide bonds. The van der Waals surface area contributed by atoms with Crippen molar-refractivity contribution in [2.75, 3.05) is 6.54 Å². The molecule has 0 aromatic heterocycles. The van der Waals surface area contributed by atoms with E-state index in [0.29, 0.717) is 5.54 Å². The molecule has 1 atom stereocenters. The third-order valence-corrected chi connectivity index (χ3v) is 3.11. The highest BCUT2D eigenvalue weighted by Crippen LogP contribution is 2.31. The number of nitrogens with one attached hydrogen (secondary N) is 1. The lowest BCUT2D eigenvalue weighted by Crippen LogP contribution is -2.53. The average molecular weight is 171 g/mol. The Kier molecular flexibility index (Phi) is 2.79. The van der Waals surface area contributed by atoms with Gasteiger partial charge in [0.15, 0.2) is 0 Å². The zero-order valence-electron chi connectivity index (χ0n) is 8.48. The molecule has 0 saturated heterocycles. The molecule has 2 nitrogen and oxygen atoms in total. The first-order chi connectivity index (χ1) is 5.47. The second-order valence-corrected chi connectivity index (χ2v) is 4.62. The molecular formula is C10H21NO. The number of β-amino-alcohol motifs (C(OH)–C–C–N with tert-alkyl or cyclic N) is 1. The van der Waals surface area contributed by atoms with Crippen molar-refractivity contribution in [1.29, 1.82) is 0 Å². The third-order valence-electron chi connectivity index (χ3n) is 3.11. The van der Waals surface area contributed by atoms with Crippen molar-refractivity contribution >= 4 is 0 Å². The molecule has 0 heterocycles. The Morgan fingerprint density at radius 2 is 2.08 bits per heavy atom. The van der Waals surface area contributed by atoms with Gasteiger partial charge in [-0.1, -0.05) is 6.92 Å². The quantitative estimate of drug-likeness (QED) is 0.674. The summed E-state index contributed by atoms with van der Waals surface area (Å²) in [6, 6.07) is 0. The first kappa shape index (κ1) is 10.0. The van der Waals surface area contributed by atoms with Crippen molar-refractivity contribution in [2.24, 2.45) is 0 Å². The van der Waals surface area contributed by atoms with E-state index in [0.717, 1.165) is 13.0 Å². The Morgan fingerprint density at radius 3 is 2.42 bits per heavy atom. The van der Waals surface area contributed by atoms with Crippen molar-refractivity contribution in [1.82, 2.24) is 5.32 Å². The number of rotatable bonds is 4. The summed E-state index contributed by atoms with van der Waals surface area (Å²) in [4.78, 5) is 0. The molecule has 72 valence electrons. The van der Waals surface area contributed by atoms with Crippen LogP contribution in [-0.4, -0.2) is 22.8 Å². The highest BCUT2D eigenvalue weighted by Gasteiger charge is 2.32. The van der Waals surface area contributed by atoms with Gasteiger partial charge in [0.1, 0.15) is 0 Å². The summed E-state index contributed by atoms with van der Waals surface area (Å²) in [7, 11) is 0. The van der Waals surface area contributed by atoms with Gasteiger partial charge in [-0.25, -0.2) is 0 Å². The molecule has 1 aliphatic rings. The Hall–Kier alpha value is -0.0800. The van der Waals surface area contributed by atoms with Gasteiger partial charge in [0, 0.05) is 12.1 Å². The zero-order valence-corrected chi connectivity index (χ0v) is 8.48. The van der Waals surface area contributed by atoms with Crippen molar-refractivity contribution in [2.45, 2.75) is 57.6 Å². The van der Waals surface area contributed by atoms with E-state index in [2.05, 4.69) is 12.2 Å². The van der Waals surface area contributed by atoms with E-state index >= 15 is 0 Å². The summed E-state index contributed by atoms with van der Waals surface area (Å²) in [5.41, 5.74) is -0.211. The van der Waals surface area contributed by atoms with Crippen LogP contribution in [0.15, 0.2) is 0 Å². The van der Waals surface area contributed by atoms with E-state index in [1.165, 1.54) is 19.3 Å². The van der Waals surface area contributed by atoms with E-state index in [1.807, 2.05) is 13.8 Å². The summed E-state index contributed by atoms with van der Waals surface area (Å²) in [5.74, 6) is 0. The van der Waals surface area contributed by atoms with Crippen LogP contribution in [0.5, 0.6) is 0 Å². The maximum Gasteiger partial charge on any atom is 0.0741 e. The second kappa shape index (κ2) is 3.35.